The van der Waals surface area contributed by atoms with Gasteiger partial charge in [-0.2, -0.15) is 0 Å². The van der Waals surface area contributed by atoms with Crippen LogP contribution in [0.1, 0.15) is 35.2 Å². The summed E-state index contributed by atoms with van der Waals surface area (Å²) in [5.41, 5.74) is 0.304. The van der Waals surface area contributed by atoms with Crippen molar-refractivity contribution in [3.63, 3.8) is 0 Å². The topological polar surface area (TPSA) is 93.9 Å². The second-order valence-electron chi connectivity index (χ2n) is 5.96. The lowest BCUT2D eigenvalue weighted by molar-refractivity contribution is -0.150. The van der Waals surface area contributed by atoms with Gasteiger partial charge in [0.1, 0.15) is 16.9 Å². The molecule has 1 atom stereocenters. The fourth-order valence-electron chi connectivity index (χ4n) is 3.00. The molecular weight excluding hydrogens is 314 g/mol. The van der Waals surface area contributed by atoms with Crippen molar-refractivity contribution in [3.8, 4) is 0 Å². The maximum atomic E-state index is 12.9. The molecule has 1 aromatic heterocycles. The Morgan fingerprint density at radius 2 is 2.21 bits per heavy atom. The Balaban J connectivity index is 2.23. The number of carbonyl (C=O) groups excluding carboxylic acids is 2. The zero-order chi connectivity index (χ0) is 17.7. The number of methoxy groups -OCH3 is 1. The van der Waals surface area contributed by atoms with E-state index in [2.05, 4.69) is 10.5 Å². The van der Waals surface area contributed by atoms with E-state index in [1.165, 1.54) is 0 Å². The number of carbonyl (C=O) groups is 2. The highest BCUT2D eigenvalue weighted by atomic mass is 16.5. The molecule has 1 saturated heterocycles. The number of amides is 2. The van der Waals surface area contributed by atoms with Gasteiger partial charge in [0.05, 0.1) is 31.9 Å². The Morgan fingerprint density at radius 1 is 1.46 bits per heavy atom. The monoisotopic (exact) mass is 339 g/mol. The van der Waals surface area contributed by atoms with Gasteiger partial charge < -0.3 is 24.2 Å². The van der Waals surface area contributed by atoms with Gasteiger partial charge in [-0.1, -0.05) is 12.1 Å². The molecule has 1 fully saturated rings. The van der Waals surface area contributed by atoms with Crippen molar-refractivity contribution in [2.45, 2.75) is 32.3 Å². The van der Waals surface area contributed by atoms with Gasteiger partial charge in [0.25, 0.3) is 5.91 Å². The molecule has 8 heteroatoms. The van der Waals surface area contributed by atoms with Crippen molar-refractivity contribution < 1.29 is 23.6 Å². The Bertz CT molecular complexity index is 597. The van der Waals surface area contributed by atoms with Crippen LogP contribution in [0.4, 0.5) is 0 Å². The quantitative estimate of drug-likeness (QED) is 0.813. The number of hydrogen-bond acceptors (Lipinski definition) is 6. The van der Waals surface area contributed by atoms with Gasteiger partial charge in [0, 0.05) is 20.7 Å². The predicted octanol–water partition coefficient (Wildman–Crippen LogP) is 0.539. The zero-order valence-electron chi connectivity index (χ0n) is 14.7. The average molecular weight is 339 g/mol. The van der Waals surface area contributed by atoms with Crippen molar-refractivity contribution in [1.82, 2.24) is 15.4 Å². The first-order chi connectivity index (χ1) is 11.5. The first-order valence-corrected chi connectivity index (χ1v) is 8.04. The number of nitrogens with one attached hydrogen (secondary N) is 1. The van der Waals surface area contributed by atoms with Crippen LogP contribution >= 0.6 is 0 Å². The number of aryl methyl sites for hydroxylation is 2. The van der Waals surface area contributed by atoms with Crippen molar-refractivity contribution in [3.05, 3.63) is 17.0 Å². The van der Waals surface area contributed by atoms with Crippen LogP contribution in [-0.4, -0.2) is 67.9 Å². The van der Waals surface area contributed by atoms with Crippen LogP contribution in [0.2, 0.25) is 0 Å². The summed E-state index contributed by atoms with van der Waals surface area (Å²) in [6.07, 6.45) is 0.745. The number of aromatic nitrogens is 1. The molecule has 0 saturated carbocycles. The van der Waals surface area contributed by atoms with E-state index >= 15 is 0 Å². The van der Waals surface area contributed by atoms with Crippen molar-refractivity contribution in [1.29, 1.82) is 0 Å². The molecule has 1 aliphatic rings. The summed E-state index contributed by atoms with van der Waals surface area (Å²) in [5, 5.41) is 6.53. The van der Waals surface area contributed by atoms with Gasteiger partial charge in [0.2, 0.25) is 5.91 Å². The van der Waals surface area contributed by atoms with E-state index in [9.17, 15) is 9.59 Å². The molecule has 2 amide bonds. The zero-order valence-corrected chi connectivity index (χ0v) is 14.7. The van der Waals surface area contributed by atoms with Crippen molar-refractivity contribution in [2.75, 3.05) is 40.5 Å². The van der Waals surface area contributed by atoms with E-state index in [4.69, 9.17) is 14.0 Å². The molecule has 134 valence electrons. The second-order valence-corrected chi connectivity index (χ2v) is 5.96. The SMILES string of the molecule is CCc1noc(C)c1C(=O)N1CCO[C@](COC)(CC(=O)NC)C1. The summed E-state index contributed by atoms with van der Waals surface area (Å²) >= 11 is 0. The molecule has 1 aliphatic heterocycles. The first-order valence-electron chi connectivity index (χ1n) is 8.04. The van der Waals surface area contributed by atoms with Gasteiger partial charge >= 0.3 is 0 Å². The molecule has 0 bridgehead atoms. The van der Waals surface area contributed by atoms with E-state index in [0.717, 1.165) is 0 Å². The third-order valence-corrected chi connectivity index (χ3v) is 4.19. The van der Waals surface area contributed by atoms with Gasteiger partial charge in [-0.25, -0.2) is 0 Å². The summed E-state index contributed by atoms with van der Waals surface area (Å²) in [5.74, 6) is 0.204. The third kappa shape index (κ3) is 3.76. The molecule has 8 nitrogen and oxygen atoms in total. The lowest BCUT2D eigenvalue weighted by Crippen LogP contribution is -2.57. The summed E-state index contributed by atoms with van der Waals surface area (Å²) in [4.78, 5) is 26.5. The number of morpholine rings is 1. The fraction of sp³-hybridized carbons (Fsp3) is 0.688. The summed E-state index contributed by atoms with van der Waals surface area (Å²) in [6, 6.07) is 0. The molecule has 24 heavy (non-hydrogen) atoms. The molecule has 0 radical (unpaired) electrons. The van der Waals surface area contributed by atoms with E-state index in [-0.39, 0.29) is 31.4 Å². The minimum atomic E-state index is -0.847. The second kappa shape index (κ2) is 7.76. The van der Waals surface area contributed by atoms with E-state index in [0.29, 0.717) is 36.6 Å². The van der Waals surface area contributed by atoms with E-state index in [1.807, 2.05) is 6.92 Å². The molecule has 0 unspecified atom stereocenters. The minimum absolute atomic E-state index is 0.129. The van der Waals surface area contributed by atoms with Crippen LogP contribution in [0, 0.1) is 6.92 Å². The summed E-state index contributed by atoms with van der Waals surface area (Å²) in [6.45, 7) is 4.96. The first kappa shape index (κ1) is 18.4. The summed E-state index contributed by atoms with van der Waals surface area (Å²) in [7, 11) is 3.12. The lowest BCUT2D eigenvalue weighted by Gasteiger charge is -2.42. The number of ether oxygens (including phenoxy) is 2. The fourth-order valence-corrected chi connectivity index (χ4v) is 3.00. The normalized spacial score (nSPS) is 20.9. The Kier molecular flexibility index (Phi) is 5.95. The third-order valence-electron chi connectivity index (χ3n) is 4.19. The number of rotatable bonds is 6. The molecule has 0 spiro atoms. The summed E-state index contributed by atoms with van der Waals surface area (Å²) < 4.78 is 16.3. The maximum absolute atomic E-state index is 12.9. The molecule has 0 aliphatic carbocycles. The van der Waals surface area contributed by atoms with Gasteiger partial charge in [-0.3, -0.25) is 9.59 Å². The Labute approximate surface area is 141 Å². The maximum Gasteiger partial charge on any atom is 0.259 e. The van der Waals surface area contributed by atoms with Gasteiger partial charge in [-0.15, -0.1) is 0 Å². The highest BCUT2D eigenvalue weighted by molar-refractivity contribution is 5.96. The van der Waals surface area contributed by atoms with E-state index < -0.39 is 5.60 Å². The van der Waals surface area contributed by atoms with Crippen LogP contribution in [0.5, 0.6) is 0 Å². The van der Waals surface area contributed by atoms with Crippen LogP contribution in [0.3, 0.4) is 0 Å². The van der Waals surface area contributed by atoms with Crippen LogP contribution < -0.4 is 5.32 Å². The largest absolute Gasteiger partial charge is 0.382 e. The van der Waals surface area contributed by atoms with Gasteiger partial charge in [0.15, 0.2) is 0 Å². The highest BCUT2D eigenvalue weighted by Gasteiger charge is 2.41. The smallest absolute Gasteiger partial charge is 0.259 e. The molecule has 1 N–H and O–H groups in total. The van der Waals surface area contributed by atoms with Crippen LogP contribution in [-0.2, 0) is 20.7 Å². The Morgan fingerprint density at radius 3 is 2.83 bits per heavy atom. The van der Waals surface area contributed by atoms with Gasteiger partial charge in [-0.05, 0) is 13.3 Å². The van der Waals surface area contributed by atoms with Crippen molar-refractivity contribution >= 4 is 11.8 Å². The molecule has 0 aromatic carbocycles. The molecular formula is C16H25N3O5. The molecule has 1 aromatic rings. The number of hydrogen-bond donors (Lipinski definition) is 1. The standard InChI is InChI=1S/C16H25N3O5/c1-5-12-14(11(2)24-18-12)15(21)19-6-7-23-16(9-19,10-22-4)8-13(20)17-3/h5-10H2,1-4H3,(H,17,20)/t16-/m1/s1. The minimum Gasteiger partial charge on any atom is -0.382 e. The molecule has 2 rings (SSSR count). The van der Waals surface area contributed by atoms with Crippen molar-refractivity contribution in [2.24, 2.45) is 0 Å². The lowest BCUT2D eigenvalue weighted by atomic mass is 9.96. The predicted molar refractivity (Wildman–Crippen MR) is 85.8 cm³/mol. The molecule has 2 heterocycles. The van der Waals surface area contributed by atoms with Crippen LogP contribution in [0.25, 0.3) is 0 Å². The Hall–Kier alpha value is -1.93. The highest BCUT2D eigenvalue weighted by Crippen LogP contribution is 2.25. The average Bonchev–Trinajstić information content (AvgIpc) is 2.95. The van der Waals surface area contributed by atoms with Crippen LogP contribution in [0.15, 0.2) is 4.52 Å². The number of nitrogens with zero attached hydrogens (tertiary/aromatic N) is 2. The van der Waals surface area contributed by atoms with E-state index in [1.54, 1.807) is 26.0 Å².